The lowest BCUT2D eigenvalue weighted by Crippen LogP contribution is -2.41. The minimum atomic E-state index is -0.00226. The highest BCUT2D eigenvalue weighted by molar-refractivity contribution is 7.13. The van der Waals surface area contributed by atoms with Crippen molar-refractivity contribution in [2.75, 3.05) is 44.8 Å². The minimum Gasteiger partial charge on any atom is -0.379 e. The summed E-state index contributed by atoms with van der Waals surface area (Å²) in [5, 5.41) is 6.10. The molecule has 2 aromatic heterocycles. The molecule has 2 aliphatic heterocycles. The van der Waals surface area contributed by atoms with Crippen LogP contribution in [0.5, 0.6) is 0 Å². The van der Waals surface area contributed by atoms with E-state index in [1.165, 1.54) is 17.0 Å². The van der Waals surface area contributed by atoms with E-state index in [1.54, 1.807) is 11.3 Å². The van der Waals surface area contributed by atoms with Crippen molar-refractivity contribution < 1.29 is 14.3 Å². The number of thiazole rings is 1. The molecule has 0 unspecified atom stereocenters. The van der Waals surface area contributed by atoms with Gasteiger partial charge in [-0.2, -0.15) is 0 Å². The molecule has 2 aliphatic rings. The van der Waals surface area contributed by atoms with Crippen LogP contribution in [-0.4, -0.2) is 65.9 Å². The van der Waals surface area contributed by atoms with Gasteiger partial charge in [-0.05, 0) is 44.9 Å². The van der Waals surface area contributed by atoms with E-state index in [-0.39, 0.29) is 5.91 Å². The number of morpholine rings is 1. The first kappa shape index (κ1) is 23.2. The van der Waals surface area contributed by atoms with E-state index in [2.05, 4.69) is 40.1 Å². The van der Waals surface area contributed by atoms with Crippen LogP contribution in [0, 0.1) is 13.8 Å². The molecule has 1 N–H and O–H groups in total. The van der Waals surface area contributed by atoms with E-state index in [1.807, 2.05) is 24.3 Å². The average Bonchev–Trinajstić information content (AvgIpc) is 3.58. The number of amides is 1. The van der Waals surface area contributed by atoms with Gasteiger partial charge in [0.25, 0.3) is 0 Å². The van der Waals surface area contributed by atoms with Crippen LogP contribution in [0.2, 0.25) is 0 Å². The van der Waals surface area contributed by atoms with Crippen molar-refractivity contribution >= 4 is 22.9 Å². The Balaban J connectivity index is 1.29. The summed E-state index contributed by atoms with van der Waals surface area (Å²) in [6.07, 6.45) is 2.59. The lowest BCUT2D eigenvalue weighted by molar-refractivity contribution is -0.118. The van der Waals surface area contributed by atoms with Crippen LogP contribution in [0.15, 0.2) is 35.7 Å². The van der Waals surface area contributed by atoms with Crippen molar-refractivity contribution in [1.29, 1.82) is 0 Å². The van der Waals surface area contributed by atoms with Gasteiger partial charge in [0.1, 0.15) is 5.01 Å². The Hall–Kier alpha value is -2.52. The van der Waals surface area contributed by atoms with Gasteiger partial charge in [-0.3, -0.25) is 9.69 Å². The van der Waals surface area contributed by atoms with Gasteiger partial charge in [-0.1, -0.05) is 12.1 Å². The molecular formula is C26H32N4O3S. The molecule has 3 aromatic rings. The molecule has 0 radical (unpaired) electrons. The fraction of sp³-hybridized carbons (Fsp3) is 0.462. The van der Waals surface area contributed by atoms with Crippen LogP contribution < -0.4 is 5.32 Å². The van der Waals surface area contributed by atoms with Crippen LogP contribution in [0.1, 0.15) is 24.2 Å². The largest absolute Gasteiger partial charge is 0.379 e. The molecule has 2 saturated heterocycles. The molecule has 1 amide bonds. The van der Waals surface area contributed by atoms with Gasteiger partial charge in [0.15, 0.2) is 0 Å². The van der Waals surface area contributed by atoms with Gasteiger partial charge in [0, 0.05) is 59.8 Å². The summed E-state index contributed by atoms with van der Waals surface area (Å²) < 4.78 is 13.6. The van der Waals surface area contributed by atoms with Gasteiger partial charge >= 0.3 is 0 Å². The van der Waals surface area contributed by atoms with Crippen molar-refractivity contribution in [3.63, 3.8) is 0 Å². The topological polar surface area (TPSA) is 68.6 Å². The van der Waals surface area contributed by atoms with E-state index in [9.17, 15) is 4.79 Å². The van der Waals surface area contributed by atoms with E-state index in [0.717, 1.165) is 61.0 Å². The van der Waals surface area contributed by atoms with Crippen LogP contribution in [-0.2, 0) is 20.8 Å². The third-order valence-electron chi connectivity index (χ3n) is 6.63. The van der Waals surface area contributed by atoms with Gasteiger partial charge < -0.3 is 19.4 Å². The van der Waals surface area contributed by atoms with Crippen molar-refractivity contribution in [2.24, 2.45) is 0 Å². The molecule has 0 saturated carbocycles. The normalized spacial score (nSPS) is 18.9. The number of aryl methyl sites for hydroxylation is 1. The molecular weight excluding hydrogens is 448 g/mol. The third-order valence-corrected chi connectivity index (χ3v) is 7.52. The summed E-state index contributed by atoms with van der Waals surface area (Å²) in [6, 6.07) is 10.2. The molecule has 1 atom stereocenters. The molecule has 5 rings (SSSR count). The third kappa shape index (κ3) is 5.25. The van der Waals surface area contributed by atoms with E-state index in [4.69, 9.17) is 14.5 Å². The predicted octanol–water partition coefficient (Wildman–Crippen LogP) is 4.35. The highest BCUT2D eigenvalue weighted by Crippen LogP contribution is 2.33. The molecule has 180 valence electrons. The first-order valence-corrected chi connectivity index (χ1v) is 12.9. The lowest BCUT2D eigenvalue weighted by atomic mass is 10.2. The lowest BCUT2D eigenvalue weighted by Gasteiger charge is -2.25. The maximum absolute atomic E-state index is 12.5. The fourth-order valence-corrected chi connectivity index (χ4v) is 5.57. The number of benzene rings is 1. The Morgan fingerprint density at radius 3 is 2.85 bits per heavy atom. The van der Waals surface area contributed by atoms with Gasteiger partial charge in [-0.25, -0.2) is 4.98 Å². The highest BCUT2D eigenvalue weighted by Gasteiger charge is 2.20. The quantitative estimate of drug-likeness (QED) is 0.545. The number of nitrogens with zero attached hydrogens (tertiary/aromatic N) is 3. The van der Waals surface area contributed by atoms with Crippen molar-refractivity contribution in [3.8, 4) is 21.8 Å². The maximum Gasteiger partial charge on any atom is 0.238 e. The number of aromatic nitrogens is 2. The maximum atomic E-state index is 12.5. The first-order chi connectivity index (χ1) is 16.6. The summed E-state index contributed by atoms with van der Waals surface area (Å²) in [4.78, 5) is 19.6. The number of carbonyl (C=O) groups is 1. The zero-order valence-corrected chi connectivity index (χ0v) is 20.7. The number of nitrogens with one attached hydrogen (secondary N) is 1. The van der Waals surface area contributed by atoms with Crippen LogP contribution in [0.25, 0.3) is 21.8 Å². The molecule has 8 heteroatoms. The zero-order chi connectivity index (χ0) is 23.5. The second-order valence-electron chi connectivity index (χ2n) is 9.09. The number of anilines is 1. The second kappa shape index (κ2) is 10.4. The number of hydrogen-bond donors (Lipinski definition) is 1. The first-order valence-electron chi connectivity index (χ1n) is 12.0. The Morgan fingerprint density at radius 1 is 1.21 bits per heavy atom. The highest BCUT2D eigenvalue weighted by atomic mass is 32.1. The smallest absolute Gasteiger partial charge is 0.238 e. The number of hydrogen-bond acceptors (Lipinski definition) is 6. The monoisotopic (exact) mass is 480 g/mol. The SMILES string of the molecule is Cc1cc(-c2csc(-c3cccc(NC(=O)CN4CCOCC4)c3)n2)c(C)n1C[C@H]1CCCO1. The standard InChI is InChI=1S/C26H32N4O3S/c1-18-13-23(19(2)30(18)15-22-7-4-10-33-22)24-17-34-26(28-24)20-5-3-6-21(14-20)27-25(31)16-29-8-11-32-12-9-29/h3,5-6,13-14,17,22H,4,7-12,15-16H2,1-2H3,(H,27,31)/t22-/m1/s1. The van der Waals surface area contributed by atoms with E-state index in [0.29, 0.717) is 25.9 Å². The van der Waals surface area contributed by atoms with Crippen molar-refractivity contribution in [1.82, 2.24) is 14.5 Å². The molecule has 1 aromatic carbocycles. The number of ether oxygens (including phenoxy) is 2. The molecule has 34 heavy (non-hydrogen) atoms. The van der Waals surface area contributed by atoms with E-state index < -0.39 is 0 Å². The Bertz CT molecular complexity index is 1140. The summed E-state index contributed by atoms with van der Waals surface area (Å²) in [5.41, 5.74) is 6.44. The average molecular weight is 481 g/mol. The Morgan fingerprint density at radius 2 is 2.06 bits per heavy atom. The van der Waals surface area contributed by atoms with Crippen LogP contribution in [0.3, 0.4) is 0 Å². The minimum absolute atomic E-state index is 0.00226. The van der Waals surface area contributed by atoms with E-state index >= 15 is 0 Å². The number of rotatable bonds is 7. The number of carbonyl (C=O) groups excluding carboxylic acids is 1. The molecule has 0 spiro atoms. The second-order valence-corrected chi connectivity index (χ2v) is 9.94. The summed E-state index contributed by atoms with van der Waals surface area (Å²) in [5.74, 6) is -0.00226. The molecule has 2 fully saturated rings. The summed E-state index contributed by atoms with van der Waals surface area (Å²) in [7, 11) is 0. The van der Waals surface area contributed by atoms with Gasteiger partial charge in [0.2, 0.25) is 5.91 Å². The van der Waals surface area contributed by atoms with Crippen LogP contribution in [0.4, 0.5) is 5.69 Å². The molecule has 0 aliphatic carbocycles. The summed E-state index contributed by atoms with van der Waals surface area (Å²) >= 11 is 1.63. The van der Waals surface area contributed by atoms with Gasteiger partial charge in [0.05, 0.1) is 31.6 Å². The zero-order valence-electron chi connectivity index (χ0n) is 19.9. The molecule has 4 heterocycles. The van der Waals surface area contributed by atoms with Crippen LogP contribution >= 0.6 is 11.3 Å². The van der Waals surface area contributed by atoms with Crippen molar-refractivity contribution in [3.05, 3.63) is 47.1 Å². The Kier molecular flexibility index (Phi) is 7.10. The molecule has 7 nitrogen and oxygen atoms in total. The summed E-state index contributed by atoms with van der Waals surface area (Å²) in [6.45, 7) is 9.45. The van der Waals surface area contributed by atoms with Crippen molar-refractivity contribution in [2.45, 2.75) is 39.3 Å². The predicted molar refractivity (Wildman–Crippen MR) is 135 cm³/mol. The van der Waals surface area contributed by atoms with Gasteiger partial charge in [-0.15, -0.1) is 11.3 Å². The molecule has 0 bridgehead atoms. The Labute approximate surface area is 204 Å². The fourth-order valence-electron chi connectivity index (χ4n) is 4.76.